The van der Waals surface area contributed by atoms with E-state index < -0.39 is 17.6 Å². The summed E-state index contributed by atoms with van der Waals surface area (Å²) >= 11 is 0. The summed E-state index contributed by atoms with van der Waals surface area (Å²) in [6.45, 7) is 5.72. The standard InChI is InChI=1S/C22H30O4/c1-12(23)20(26)21(2)9-8-17-16-6-4-13-10-14(24)5-7-15(13)19(16)18(25)11-22(17,21)3/h10,12,16-18,23,25H,4-9,11H2,1-3H3/t12-,16-,17-,18-,21+,22?/m0/s1. The van der Waals surface area contributed by atoms with Gasteiger partial charge in [-0.25, -0.2) is 0 Å². The topological polar surface area (TPSA) is 74.6 Å². The molecule has 6 atom stereocenters. The number of hydrogen-bond acceptors (Lipinski definition) is 4. The van der Waals surface area contributed by atoms with E-state index in [4.69, 9.17) is 0 Å². The van der Waals surface area contributed by atoms with Crippen LogP contribution in [0, 0.1) is 22.7 Å². The molecule has 2 saturated carbocycles. The fraction of sp³-hybridized carbons (Fsp3) is 0.727. The zero-order valence-electron chi connectivity index (χ0n) is 16.0. The highest BCUT2D eigenvalue weighted by Gasteiger charge is 2.63. The highest BCUT2D eigenvalue weighted by molar-refractivity contribution is 5.93. The van der Waals surface area contributed by atoms with E-state index in [1.807, 2.05) is 6.92 Å². The van der Waals surface area contributed by atoms with Crippen LogP contribution in [-0.2, 0) is 9.59 Å². The Balaban J connectivity index is 1.77. The Morgan fingerprint density at radius 2 is 1.96 bits per heavy atom. The number of Topliss-reactive ketones (excluding diaryl/α,β-unsaturated/α-hetero) is 1. The molecule has 4 aliphatic rings. The summed E-state index contributed by atoms with van der Waals surface area (Å²) in [5.74, 6) is 0.785. The number of aliphatic hydroxyl groups excluding tert-OH is 2. The first-order valence-corrected chi connectivity index (χ1v) is 10.1. The molecular weight excluding hydrogens is 328 g/mol. The lowest BCUT2D eigenvalue weighted by Crippen LogP contribution is -2.53. The zero-order valence-corrected chi connectivity index (χ0v) is 16.0. The molecule has 0 aromatic heterocycles. The molecule has 4 heteroatoms. The molecule has 142 valence electrons. The second-order valence-corrected chi connectivity index (χ2v) is 9.37. The Bertz CT molecular complexity index is 730. The summed E-state index contributed by atoms with van der Waals surface area (Å²) < 4.78 is 0. The molecule has 4 rings (SSSR count). The number of rotatable bonds is 2. The number of allylic oxidation sites excluding steroid dienone is 3. The number of carbonyl (C=O) groups excluding carboxylic acids is 2. The van der Waals surface area contributed by atoms with Gasteiger partial charge in [-0.3, -0.25) is 9.59 Å². The Morgan fingerprint density at radius 3 is 2.65 bits per heavy atom. The third-order valence-corrected chi connectivity index (χ3v) is 8.24. The van der Waals surface area contributed by atoms with Gasteiger partial charge in [0, 0.05) is 11.8 Å². The van der Waals surface area contributed by atoms with Crippen LogP contribution in [0.4, 0.5) is 0 Å². The molecule has 0 aliphatic heterocycles. The molecule has 2 fully saturated rings. The summed E-state index contributed by atoms with van der Waals surface area (Å²) in [7, 11) is 0. The van der Waals surface area contributed by atoms with Gasteiger partial charge in [0.25, 0.3) is 0 Å². The van der Waals surface area contributed by atoms with Crippen molar-refractivity contribution in [1.82, 2.24) is 0 Å². The average molecular weight is 358 g/mol. The summed E-state index contributed by atoms with van der Waals surface area (Å²) in [6, 6.07) is 0. The minimum atomic E-state index is -0.960. The lowest BCUT2D eigenvalue weighted by Gasteiger charge is -2.54. The van der Waals surface area contributed by atoms with Gasteiger partial charge in [0.05, 0.1) is 6.10 Å². The van der Waals surface area contributed by atoms with Gasteiger partial charge in [-0.15, -0.1) is 0 Å². The molecule has 0 bridgehead atoms. The van der Waals surface area contributed by atoms with Crippen molar-refractivity contribution in [1.29, 1.82) is 0 Å². The number of carbonyl (C=O) groups is 2. The summed E-state index contributed by atoms with van der Waals surface area (Å²) in [5.41, 5.74) is 2.65. The molecule has 4 aliphatic carbocycles. The molecule has 1 unspecified atom stereocenters. The first-order valence-electron chi connectivity index (χ1n) is 10.1. The quantitative estimate of drug-likeness (QED) is 0.795. The Kier molecular flexibility index (Phi) is 4.09. The lowest BCUT2D eigenvalue weighted by atomic mass is 9.51. The van der Waals surface area contributed by atoms with Crippen molar-refractivity contribution in [3.63, 3.8) is 0 Å². The first kappa shape index (κ1) is 18.1. The van der Waals surface area contributed by atoms with Crippen molar-refractivity contribution < 1.29 is 19.8 Å². The van der Waals surface area contributed by atoms with Gasteiger partial charge in [-0.1, -0.05) is 13.8 Å². The summed E-state index contributed by atoms with van der Waals surface area (Å²) in [4.78, 5) is 24.7. The van der Waals surface area contributed by atoms with E-state index in [2.05, 4.69) is 6.92 Å². The van der Waals surface area contributed by atoms with E-state index >= 15 is 0 Å². The van der Waals surface area contributed by atoms with E-state index in [-0.39, 0.29) is 17.0 Å². The van der Waals surface area contributed by atoms with Gasteiger partial charge in [0.15, 0.2) is 11.6 Å². The van der Waals surface area contributed by atoms with Crippen LogP contribution >= 0.6 is 0 Å². The minimum absolute atomic E-state index is 0.0783. The van der Waals surface area contributed by atoms with Crippen molar-refractivity contribution >= 4 is 11.6 Å². The average Bonchev–Trinajstić information content (AvgIpc) is 2.85. The second kappa shape index (κ2) is 5.87. The van der Waals surface area contributed by atoms with Gasteiger partial charge in [0.1, 0.15) is 6.10 Å². The van der Waals surface area contributed by atoms with Crippen LogP contribution in [0.2, 0.25) is 0 Å². The number of aliphatic hydroxyl groups is 2. The molecule has 0 aromatic rings. The second-order valence-electron chi connectivity index (χ2n) is 9.37. The zero-order chi connectivity index (χ0) is 18.9. The van der Waals surface area contributed by atoms with Gasteiger partial charge in [0.2, 0.25) is 0 Å². The third-order valence-electron chi connectivity index (χ3n) is 8.24. The molecule has 0 spiro atoms. The highest BCUT2D eigenvalue weighted by Crippen LogP contribution is 2.67. The fourth-order valence-corrected chi connectivity index (χ4v) is 6.73. The molecule has 0 amide bonds. The van der Waals surface area contributed by atoms with Gasteiger partial charge >= 0.3 is 0 Å². The molecule has 2 N–H and O–H groups in total. The minimum Gasteiger partial charge on any atom is -0.389 e. The largest absolute Gasteiger partial charge is 0.389 e. The molecule has 0 heterocycles. The predicted molar refractivity (Wildman–Crippen MR) is 98.3 cm³/mol. The predicted octanol–water partition coefficient (Wildman–Crippen LogP) is 3.12. The van der Waals surface area contributed by atoms with Crippen LogP contribution in [0.15, 0.2) is 22.8 Å². The van der Waals surface area contributed by atoms with Crippen molar-refractivity contribution in [3.8, 4) is 0 Å². The van der Waals surface area contributed by atoms with Crippen LogP contribution in [0.1, 0.15) is 65.7 Å². The van der Waals surface area contributed by atoms with Crippen molar-refractivity contribution in [2.24, 2.45) is 22.7 Å². The molecular formula is C22H30O4. The number of fused-ring (bicyclic) bond motifs is 4. The SMILES string of the molecule is C[C@H](O)C(=O)[C@@]1(C)CC[C@H]2[C@@H]3CCC4=CC(=O)CCC4=C3[C@@H](O)CC21C. The highest BCUT2D eigenvalue weighted by atomic mass is 16.3. The van der Waals surface area contributed by atoms with E-state index in [1.165, 1.54) is 5.57 Å². The van der Waals surface area contributed by atoms with Gasteiger partial charge < -0.3 is 10.2 Å². The number of ketones is 2. The maximum absolute atomic E-state index is 12.9. The van der Waals surface area contributed by atoms with Crippen LogP contribution in [0.3, 0.4) is 0 Å². The van der Waals surface area contributed by atoms with Crippen LogP contribution in [0.5, 0.6) is 0 Å². The van der Waals surface area contributed by atoms with E-state index in [9.17, 15) is 19.8 Å². The third kappa shape index (κ3) is 2.27. The smallest absolute Gasteiger partial charge is 0.167 e. The Hall–Kier alpha value is -1.26. The molecule has 4 nitrogen and oxygen atoms in total. The van der Waals surface area contributed by atoms with Crippen LogP contribution in [-0.4, -0.2) is 34.0 Å². The normalized spacial score (nSPS) is 43.3. The van der Waals surface area contributed by atoms with Crippen LogP contribution < -0.4 is 0 Å². The molecule has 0 aromatic carbocycles. The lowest BCUT2D eigenvalue weighted by molar-refractivity contribution is -0.146. The van der Waals surface area contributed by atoms with Crippen LogP contribution in [0.25, 0.3) is 0 Å². The molecule has 0 saturated heterocycles. The Morgan fingerprint density at radius 1 is 1.23 bits per heavy atom. The van der Waals surface area contributed by atoms with E-state index in [0.717, 1.165) is 43.3 Å². The van der Waals surface area contributed by atoms with E-state index in [0.29, 0.717) is 24.7 Å². The van der Waals surface area contributed by atoms with Gasteiger partial charge in [-0.2, -0.15) is 0 Å². The number of hydrogen-bond donors (Lipinski definition) is 2. The van der Waals surface area contributed by atoms with Crippen molar-refractivity contribution in [2.45, 2.75) is 77.9 Å². The molecule has 26 heavy (non-hydrogen) atoms. The maximum atomic E-state index is 12.9. The van der Waals surface area contributed by atoms with Crippen molar-refractivity contribution in [3.05, 3.63) is 22.8 Å². The summed E-state index contributed by atoms with van der Waals surface area (Å²) in [6.07, 6.45) is 5.75. The molecule has 0 radical (unpaired) electrons. The maximum Gasteiger partial charge on any atom is 0.167 e. The summed E-state index contributed by atoms with van der Waals surface area (Å²) in [5, 5.41) is 21.1. The van der Waals surface area contributed by atoms with E-state index in [1.54, 1.807) is 13.0 Å². The Labute approximate surface area is 155 Å². The van der Waals surface area contributed by atoms with Crippen molar-refractivity contribution in [2.75, 3.05) is 0 Å². The fourth-order valence-electron chi connectivity index (χ4n) is 6.73. The first-order chi connectivity index (χ1) is 12.2. The monoisotopic (exact) mass is 358 g/mol. The van der Waals surface area contributed by atoms with Gasteiger partial charge in [-0.05, 0) is 85.5 Å².